The summed E-state index contributed by atoms with van der Waals surface area (Å²) in [6.45, 7) is 0. The van der Waals surface area contributed by atoms with Gasteiger partial charge in [0.1, 0.15) is 0 Å². The largest absolute Gasteiger partial charge is 0.263 e. The van der Waals surface area contributed by atoms with Crippen molar-refractivity contribution in [3.8, 4) is 28.3 Å². The third-order valence-corrected chi connectivity index (χ3v) is 6.30. The molecule has 0 aliphatic rings. The minimum absolute atomic E-state index is 0.128. The summed E-state index contributed by atoms with van der Waals surface area (Å²) in [5.41, 5.74) is 3.53. The molecule has 2 aromatic carbocycles. The number of nitrogens with zero attached hydrogens (tertiary/aromatic N) is 2. The van der Waals surface area contributed by atoms with Crippen LogP contribution < -0.4 is 0 Å². The van der Waals surface area contributed by atoms with E-state index in [4.69, 9.17) is 69.6 Å². The first-order valence-electron chi connectivity index (χ1n) is 7.47. The lowest BCUT2D eigenvalue weighted by Gasteiger charge is -2.15. The smallest absolute Gasteiger partial charge is 0.0778 e. The molecule has 0 saturated heterocycles. The quantitative estimate of drug-likeness (QED) is 0.356. The van der Waals surface area contributed by atoms with Gasteiger partial charge in [-0.2, -0.15) is 5.26 Å². The second kappa shape index (κ2) is 8.45. The summed E-state index contributed by atoms with van der Waals surface area (Å²) in [5, 5.41) is 11.1. The molecule has 136 valence electrons. The molecule has 0 saturated carbocycles. The molecule has 0 bridgehead atoms. The van der Waals surface area contributed by atoms with Crippen molar-refractivity contribution < 1.29 is 0 Å². The van der Waals surface area contributed by atoms with E-state index in [0.29, 0.717) is 42.3 Å². The Labute approximate surface area is 186 Å². The van der Waals surface area contributed by atoms with Crippen molar-refractivity contribution in [2.24, 2.45) is 0 Å². The Morgan fingerprint density at radius 3 is 1.41 bits per heavy atom. The lowest BCUT2D eigenvalue weighted by molar-refractivity contribution is 1.22. The topological polar surface area (TPSA) is 36.7 Å². The van der Waals surface area contributed by atoms with Gasteiger partial charge in [-0.25, -0.2) is 0 Å². The number of halogens is 6. The summed E-state index contributed by atoms with van der Waals surface area (Å²) >= 11 is 36.7. The van der Waals surface area contributed by atoms with E-state index in [9.17, 15) is 5.26 Å². The van der Waals surface area contributed by atoms with Gasteiger partial charge in [0, 0.05) is 23.5 Å². The Hall–Kier alpha value is -1.18. The first-order chi connectivity index (χ1) is 12.8. The maximum Gasteiger partial charge on any atom is 0.0778 e. The van der Waals surface area contributed by atoms with Crippen LogP contribution >= 0.6 is 69.6 Å². The second-order valence-corrected chi connectivity index (χ2v) is 7.94. The van der Waals surface area contributed by atoms with E-state index < -0.39 is 0 Å². The summed E-state index contributed by atoms with van der Waals surface area (Å²) in [7, 11) is 0. The van der Waals surface area contributed by atoms with E-state index in [-0.39, 0.29) is 16.5 Å². The average Bonchev–Trinajstić information content (AvgIpc) is 2.63. The number of nitriles is 1. The first kappa shape index (κ1) is 20.6. The molecular weight excluding hydrogens is 469 g/mol. The van der Waals surface area contributed by atoms with E-state index in [1.165, 1.54) is 0 Å². The van der Waals surface area contributed by atoms with Crippen molar-refractivity contribution in [2.75, 3.05) is 0 Å². The van der Waals surface area contributed by atoms with Crippen LogP contribution in [0.15, 0.2) is 36.7 Å². The van der Waals surface area contributed by atoms with E-state index >= 15 is 0 Å². The third-order valence-electron chi connectivity index (χ3n) is 3.90. The van der Waals surface area contributed by atoms with Gasteiger partial charge in [0.05, 0.1) is 42.6 Å². The molecule has 3 aromatic rings. The third kappa shape index (κ3) is 4.15. The fourth-order valence-electron chi connectivity index (χ4n) is 2.68. The van der Waals surface area contributed by atoms with Gasteiger partial charge in [-0.15, -0.1) is 0 Å². The van der Waals surface area contributed by atoms with Crippen LogP contribution in [-0.4, -0.2) is 4.98 Å². The Kier molecular flexibility index (Phi) is 6.43. The molecule has 0 radical (unpaired) electrons. The summed E-state index contributed by atoms with van der Waals surface area (Å²) < 4.78 is 0. The van der Waals surface area contributed by atoms with Crippen LogP contribution in [0.5, 0.6) is 0 Å². The zero-order valence-corrected chi connectivity index (χ0v) is 17.9. The van der Waals surface area contributed by atoms with Crippen LogP contribution in [0.25, 0.3) is 22.3 Å². The van der Waals surface area contributed by atoms with Gasteiger partial charge in [-0.1, -0.05) is 69.6 Å². The summed E-state index contributed by atoms with van der Waals surface area (Å²) in [6.07, 6.45) is 3.42. The van der Waals surface area contributed by atoms with E-state index in [0.717, 1.165) is 5.56 Å². The molecule has 0 spiro atoms. The number of rotatable bonds is 3. The highest BCUT2D eigenvalue weighted by atomic mass is 35.5. The van der Waals surface area contributed by atoms with Gasteiger partial charge < -0.3 is 0 Å². The number of benzene rings is 2. The van der Waals surface area contributed by atoms with Gasteiger partial charge >= 0.3 is 0 Å². The Morgan fingerprint density at radius 1 is 0.704 bits per heavy atom. The summed E-state index contributed by atoms with van der Waals surface area (Å²) in [6, 6.07) is 8.89. The number of hydrogen-bond donors (Lipinski definition) is 0. The predicted octanol–water partition coefficient (Wildman–Crippen LogP) is 8.40. The molecule has 3 rings (SSSR count). The normalized spacial score (nSPS) is 10.7. The maximum atomic E-state index is 9.35. The monoisotopic (exact) mass is 474 g/mol. The zero-order valence-electron chi connectivity index (χ0n) is 13.3. The van der Waals surface area contributed by atoms with Crippen molar-refractivity contribution >= 4 is 69.6 Å². The van der Waals surface area contributed by atoms with Crippen molar-refractivity contribution in [1.82, 2.24) is 4.98 Å². The lowest BCUT2D eigenvalue weighted by Crippen LogP contribution is -1.96. The van der Waals surface area contributed by atoms with E-state index in [1.54, 1.807) is 36.7 Å². The van der Waals surface area contributed by atoms with Gasteiger partial charge in [0.2, 0.25) is 0 Å². The Balaban J connectivity index is 2.27. The highest BCUT2D eigenvalue weighted by molar-refractivity contribution is 6.49. The lowest BCUT2D eigenvalue weighted by atomic mass is 9.93. The summed E-state index contributed by atoms with van der Waals surface area (Å²) in [5.74, 6) is 0. The zero-order chi connectivity index (χ0) is 19.7. The second-order valence-electron chi connectivity index (χ2n) is 5.56. The highest BCUT2D eigenvalue weighted by Crippen LogP contribution is 2.40. The van der Waals surface area contributed by atoms with Gasteiger partial charge in [-0.05, 0) is 41.0 Å². The van der Waals surface area contributed by atoms with E-state index in [1.807, 2.05) is 0 Å². The molecule has 0 fully saturated rings. The minimum atomic E-state index is 0.128. The molecule has 0 aliphatic carbocycles. The fraction of sp³-hybridized carbons (Fsp3) is 0.0526. The molecule has 0 aliphatic heterocycles. The van der Waals surface area contributed by atoms with Crippen molar-refractivity contribution in [3.63, 3.8) is 0 Å². The number of pyridine rings is 1. The molecule has 2 nitrogen and oxygen atoms in total. The number of hydrogen-bond acceptors (Lipinski definition) is 2. The van der Waals surface area contributed by atoms with Gasteiger partial charge in [0.15, 0.2) is 0 Å². The SMILES string of the molecule is N#CCc1c(-c2cc(Cl)c(Cl)c(Cl)c2)cncc1-c1cc(Cl)c(Cl)c(Cl)c1. The average molecular weight is 477 g/mol. The van der Waals surface area contributed by atoms with Gasteiger partial charge in [0.25, 0.3) is 0 Å². The molecule has 0 atom stereocenters. The highest BCUT2D eigenvalue weighted by Gasteiger charge is 2.17. The molecule has 27 heavy (non-hydrogen) atoms. The standard InChI is InChI=1S/C19H8Cl6N2/c20-14-3-9(4-15(21)18(14)24)12-7-27-8-13(11(12)1-2-26)10-5-16(22)19(25)17(23)6-10/h3-8H,1H2. The fourth-order valence-corrected chi connectivity index (χ4v) is 3.87. The molecule has 1 aromatic heterocycles. The van der Waals surface area contributed by atoms with Crippen LogP contribution in [0.2, 0.25) is 30.1 Å². The van der Waals surface area contributed by atoms with Crippen molar-refractivity contribution in [2.45, 2.75) is 6.42 Å². The van der Waals surface area contributed by atoms with Gasteiger partial charge in [-0.3, -0.25) is 4.98 Å². The number of aromatic nitrogens is 1. The van der Waals surface area contributed by atoms with Crippen molar-refractivity contribution in [3.05, 3.63) is 72.4 Å². The molecule has 0 N–H and O–H groups in total. The van der Waals surface area contributed by atoms with Crippen LogP contribution in [0, 0.1) is 11.3 Å². The Morgan fingerprint density at radius 2 is 1.07 bits per heavy atom. The molecule has 8 heteroatoms. The molecule has 0 unspecified atom stereocenters. The molecule has 0 amide bonds. The van der Waals surface area contributed by atoms with Crippen LogP contribution in [0.1, 0.15) is 5.56 Å². The first-order valence-corrected chi connectivity index (χ1v) is 9.74. The minimum Gasteiger partial charge on any atom is -0.263 e. The molecule has 1 heterocycles. The maximum absolute atomic E-state index is 9.35. The summed E-state index contributed by atoms with van der Waals surface area (Å²) in [4.78, 5) is 4.30. The van der Waals surface area contributed by atoms with Crippen molar-refractivity contribution in [1.29, 1.82) is 5.26 Å². The van der Waals surface area contributed by atoms with Crippen LogP contribution in [0.3, 0.4) is 0 Å². The van der Waals surface area contributed by atoms with Crippen LogP contribution in [0.4, 0.5) is 0 Å². The predicted molar refractivity (Wildman–Crippen MR) is 114 cm³/mol. The van der Waals surface area contributed by atoms with Crippen LogP contribution in [-0.2, 0) is 6.42 Å². The Bertz CT molecular complexity index is 966. The molecular formula is C19H8Cl6N2. The van der Waals surface area contributed by atoms with E-state index in [2.05, 4.69) is 11.1 Å².